The van der Waals surface area contributed by atoms with E-state index in [1.165, 1.54) is 38.0 Å². The average Bonchev–Trinajstić information content (AvgIpc) is 3.23. The minimum absolute atomic E-state index is 0.0767. The van der Waals surface area contributed by atoms with Gasteiger partial charge in [0.2, 0.25) is 15.9 Å². The Bertz CT molecular complexity index is 1270. The number of carbonyl (C=O) groups is 1. The molecule has 0 aliphatic carbocycles. The third-order valence-electron chi connectivity index (χ3n) is 5.12. The van der Waals surface area contributed by atoms with Gasteiger partial charge in [-0.15, -0.1) is 10.2 Å². The Balaban J connectivity index is 1.76. The summed E-state index contributed by atoms with van der Waals surface area (Å²) in [6.45, 7) is 5.87. The molecule has 11 heteroatoms. The van der Waals surface area contributed by atoms with Crippen LogP contribution in [0.3, 0.4) is 0 Å². The van der Waals surface area contributed by atoms with E-state index in [1.54, 1.807) is 13.2 Å². The second-order valence-corrected chi connectivity index (χ2v) is 11.2. The first kappa shape index (κ1) is 25.7. The molecule has 0 spiro atoms. The average molecular weight is 504 g/mol. The van der Waals surface area contributed by atoms with Crippen LogP contribution in [0.4, 0.5) is 5.69 Å². The van der Waals surface area contributed by atoms with Crippen molar-refractivity contribution in [1.82, 2.24) is 19.1 Å². The number of thioether (sulfide) groups is 1. The van der Waals surface area contributed by atoms with E-state index in [0.717, 1.165) is 21.2 Å². The molecule has 0 fully saturated rings. The van der Waals surface area contributed by atoms with Gasteiger partial charge in [0, 0.05) is 31.4 Å². The lowest BCUT2D eigenvalue weighted by atomic mass is 10.2. The van der Waals surface area contributed by atoms with Gasteiger partial charge in [0.15, 0.2) is 11.0 Å². The second kappa shape index (κ2) is 10.6. The largest absolute Gasteiger partial charge is 0.497 e. The third kappa shape index (κ3) is 5.60. The van der Waals surface area contributed by atoms with Crippen molar-refractivity contribution in [3.05, 3.63) is 48.0 Å². The number of benzene rings is 2. The normalized spacial score (nSPS) is 11.8. The van der Waals surface area contributed by atoms with Crippen LogP contribution in [0.1, 0.15) is 25.5 Å². The fraction of sp³-hybridized carbons (Fsp3) is 0.348. The summed E-state index contributed by atoms with van der Waals surface area (Å²) >= 11 is 1.27. The molecule has 3 rings (SSSR count). The molecule has 0 unspecified atom stereocenters. The molecule has 0 saturated carbocycles. The zero-order chi connectivity index (χ0) is 25.0. The highest BCUT2D eigenvalue weighted by Gasteiger charge is 2.20. The fourth-order valence-electron chi connectivity index (χ4n) is 3.20. The molecule has 182 valence electrons. The number of hydrogen-bond acceptors (Lipinski definition) is 7. The van der Waals surface area contributed by atoms with E-state index < -0.39 is 10.0 Å². The molecule has 3 aromatic rings. The van der Waals surface area contributed by atoms with E-state index in [2.05, 4.69) is 15.5 Å². The number of amides is 1. The lowest BCUT2D eigenvalue weighted by molar-refractivity contribution is -0.113. The minimum atomic E-state index is -3.60. The van der Waals surface area contributed by atoms with Crippen molar-refractivity contribution in [3.8, 4) is 17.1 Å². The van der Waals surface area contributed by atoms with Gasteiger partial charge in [0.25, 0.3) is 0 Å². The first-order chi connectivity index (χ1) is 16.0. The summed E-state index contributed by atoms with van der Waals surface area (Å²) in [5, 5.41) is 12.1. The molecule has 2 aromatic carbocycles. The Labute approximate surface area is 204 Å². The smallest absolute Gasteiger partial charge is 0.242 e. The van der Waals surface area contributed by atoms with E-state index in [9.17, 15) is 13.2 Å². The summed E-state index contributed by atoms with van der Waals surface area (Å²) in [4.78, 5) is 12.8. The standard InChI is InChI=1S/C23H29N5O4S2/c1-15(2)28-22(17-8-10-18(32-6)11-9-17)25-26-23(28)33-14-21(29)24-20-13-19(12-7-16(20)3)34(30,31)27(4)5/h7-13,15H,14H2,1-6H3,(H,24,29). The lowest BCUT2D eigenvalue weighted by Crippen LogP contribution is -2.22. The van der Waals surface area contributed by atoms with Crippen LogP contribution in [-0.2, 0) is 14.8 Å². The third-order valence-corrected chi connectivity index (χ3v) is 7.88. The molecule has 0 radical (unpaired) electrons. The molecule has 0 aliphatic rings. The van der Waals surface area contributed by atoms with Crippen molar-refractivity contribution in [2.24, 2.45) is 0 Å². The number of anilines is 1. The van der Waals surface area contributed by atoms with Crippen molar-refractivity contribution < 1.29 is 17.9 Å². The number of hydrogen-bond donors (Lipinski definition) is 1. The molecule has 0 saturated heterocycles. The number of aryl methyl sites for hydroxylation is 1. The number of ether oxygens (including phenoxy) is 1. The van der Waals surface area contributed by atoms with Crippen molar-refractivity contribution in [1.29, 1.82) is 0 Å². The van der Waals surface area contributed by atoms with Gasteiger partial charge in [-0.1, -0.05) is 17.8 Å². The van der Waals surface area contributed by atoms with Gasteiger partial charge in [0.05, 0.1) is 17.8 Å². The molecule has 0 atom stereocenters. The summed E-state index contributed by atoms with van der Waals surface area (Å²) < 4.78 is 33.2. The maximum atomic E-state index is 12.7. The van der Waals surface area contributed by atoms with Crippen LogP contribution in [0.5, 0.6) is 5.75 Å². The highest BCUT2D eigenvalue weighted by atomic mass is 32.2. The highest BCUT2D eigenvalue weighted by Crippen LogP contribution is 2.29. The van der Waals surface area contributed by atoms with Gasteiger partial charge in [-0.25, -0.2) is 12.7 Å². The van der Waals surface area contributed by atoms with E-state index in [0.29, 0.717) is 16.7 Å². The van der Waals surface area contributed by atoms with Crippen molar-refractivity contribution in [2.45, 2.75) is 36.9 Å². The minimum Gasteiger partial charge on any atom is -0.497 e. The van der Waals surface area contributed by atoms with Gasteiger partial charge < -0.3 is 10.1 Å². The Hall–Kier alpha value is -2.89. The SMILES string of the molecule is COc1ccc(-c2nnc(SCC(=O)Nc3cc(S(=O)(=O)N(C)C)ccc3C)n2C(C)C)cc1. The molecule has 34 heavy (non-hydrogen) atoms. The Kier molecular flexibility index (Phi) is 8.01. The number of rotatable bonds is 9. The monoisotopic (exact) mass is 503 g/mol. The Morgan fingerprint density at radius 3 is 2.41 bits per heavy atom. The molecule has 9 nitrogen and oxygen atoms in total. The zero-order valence-corrected chi connectivity index (χ0v) is 21.7. The Morgan fingerprint density at radius 2 is 1.82 bits per heavy atom. The quantitative estimate of drug-likeness (QED) is 0.442. The summed E-state index contributed by atoms with van der Waals surface area (Å²) in [5.74, 6) is 1.29. The van der Waals surface area contributed by atoms with E-state index in [1.807, 2.05) is 49.6 Å². The van der Waals surface area contributed by atoms with Crippen LogP contribution in [0, 0.1) is 6.92 Å². The molecule has 1 amide bonds. The zero-order valence-electron chi connectivity index (χ0n) is 20.1. The van der Waals surface area contributed by atoms with Gasteiger partial charge in [-0.3, -0.25) is 9.36 Å². The number of nitrogens with zero attached hydrogens (tertiary/aromatic N) is 4. The predicted molar refractivity (Wildman–Crippen MR) is 134 cm³/mol. The van der Waals surface area contributed by atoms with Crippen LogP contribution in [0.2, 0.25) is 0 Å². The van der Waals surface area contributed by atoms with Gasteiger partial charge in [0.1, 0.15) is 5.75 Å². The van der Waals surface area contributed by atoms with E-state index in [-0.39, 0.29) is 22.6 Å². The van der Waals surface area contributed by atoms with Gasteiger partial charge >= 0.3 is 0 Å². The van der Waals surface area contributed by atoms with Crippen LogP contribution in [0.15, 0.2) is 52.5 Å². The topological polar surface area (TPSA) is 106 Å². The summed E-state index contributed by atoms with van der Waals surface area (Å²) in [6, 6.07) is 12.3. The fourth-order valence-corrected chi connectivity index (χ4v) is 5.00. The molecule has 0 bridgehead atoms. The Morgan fingerprint density at radius 1 is 1.15 bits per heavy atom. The second-order valence-electron chi connectivity index (χ2n) is 8.10. The first-order valence-corrected chi connectivity index (χ1v) is 13.0. The summed E-state index contributed by atoms with van der Waals surface area (Å²) in [5.41, 5.74) is 2.12. The number of aromatic nitrogens is 3. The number of carbonyl (C=O) groups excluding carboxylic acids is 1. The number of methoxy groups -OCH3 is 1. The predicted octanol–water partition coefficient (Wildman–Crippen LogP) is 3.82. The summed E-state index contributed by atoms with van der Waals surface area (Å²) in [7, 11) is 0.947. The molecule has 0 aliphatic heterocycles. The van der Waals surface area contributed by atoms with Crippen LogP contribution >= 0.6 is 11.8 Å². The van der Waals surface area contributed by atoms with E-state index >= 15 is 0 Å². The van der Waals surface area contributed by atoms with Gasteiger partial charge in [-0.05, 0) is 62.7 Å². The first-order valence-electron chi connectivity index (χ1n) is 10.6. The highest BCUT2D eigenvalue weighted by molar-refractivity contribution is 7.99. The van der Waals surface area contributed by atoms with Crippen LogP contribution < -0.4 is 10.1 Å². The molecule has 1 aromatic heterocycles. The van der Waals surface area contributed by atoms with E-state index in [4.69, 9.17) is 4.74 Å². The maximum absolute atomic E-state index is 12.7. The number of nitrogens with one attached hydrogen (secondary N) is 1. The van der Waals surface area contributed by atoms with Crippen molar-refractivity contribution in [3.63, 3.8) is 0 Å². The number of sulfonamides is 1. The van der Waals surface area contributed by atoms with Crippen molar-refractivity contribution in [2.75, 3.05) is 32.3 Å². The lowest BCUT2D eigenvalue weighted by Gasteiger charge is -2.15. The van der Waals surface area contributed by atoms with Crippen LogP contribution in [-0.4, -0.2) is 60.4 Å². The van der Waals surface area contributed by atoms with Crippen molar-refractivity contribution >= 4 is 33.4 Å². The maximum Gasteiger partial charge on any atom is 0.242 e. The van der Waals surface area contributed by atoms with Gasteiger partial charge in [-0.2, -0.15) is 0 Å². The molecule has 1 N–H and O–H groups in total. The summed E-state index contributed by atoms with van der Waals surface area (Å²) in [6.07, 6.45) is 0. The molecular formula is C23H29N5O4S2. The molecular weight excluding hydrogens is 474 g/mol. The molecule has 1 heterocycles. The van der Waals surface area contributed by atoms with Crippen LogP contribution in [0.25, 0.3) is 11.4 Å².